The lowest BCUT2D eigenvalue weighted by Crippen LogP contribution is -2.37. The number of aliphatic carboxylic acids is 1. The second-order valence-corrected chi connectivity index (χ2v) is 3.08. The van der Waals surface area contributed by atoms with Gasteiger partial charge in [0.05, 0.1) is 5.92 Å². The summed E-state index contributed by atoms with van der Waals surface area (Å²) in [5, 5.41) is 10.2. The Morgan fingerprint density at radius 2 is 2.00 bits per heavy atom. The summed E-state index contributed by atoms with van der Waals surface area (Å²) in [5.74, 6) is -1.77. The average Bonchev–Trinajstić information content (AvgIpc) is 1.98. The summed E-state index contributed by atoms with van der Waals surface area (Å²) in [7, 11) is 3.36. The Morgan fingerprint density at radius 3 is 2.31 bits per heavy atom. The zero-order valence-corrected chi connectivity index (χ0v) is 8.20. The van der Waals surface area contributed by atoms with Crippen molar-refractivity contribution in [2.24, 2.45) is 5.92 Å². The SMILES string of the molecule is CCC(CC(=O)NN(C)C)C(=O)O. The molecule has 0 bridgehead atoms. The summed E-state index contributed by atoms with van der Waals surface area (Å²) in [5.41, 5.74) is 2.49. The van der Waals surface area contributed by atoms with Crippen molar-refractivity contribution in [2.75, 3.05) is 14.1 Å². The van der Waals surface area contributed by atoms with Gasteiger partial charge in [0.25, 0.3) is 0 Å². The minimum absolute atomic E-state index is 0.0318. The number of carbonyl (C=O) groups is 2. The van der Waals surface area contributed by atoms with Crippen LogP contribution >= 0.6 is 0 Å². The van der Waals surface area contributed by atoms with Gasteiger partial charge < -0.3 is 5.11 Å². The molecule has 0 aromatic rings. The topological polar surface area (TPSA) is 69.6 Å². The first-order valence-electron chi connectivity index (χ1n) is 4.17. The second-order valence-electron chi connectivity index (χ2n) is 3.08. The third-order valence-electron chi connectivity index (χ3n) is 1.62. The Bertz CT molecular complexity index is 192. The van der Waals surface area contributed by atoms with Crippen LogP contribution in [-0.2, 0) is 9.59 Å². The molecule has 13 heavy (non-hydrogen) atoms. The highest BCUT2D eigenvalue weighted by Crippen LogP contribution is 2.07. The van der Waals surface area contributed by atoms with Crippen molar-refractivity contribution in [3.05, 3.63) is 0 Å². The Balaban J connectivity index is 3.94. The molecule has 0 fully saturated rings. The molecule has 0 aliphatic carbocycles. The predicted octanol–water partition coefficient (Wildman–Crippen LogP) is 0.0801. The highest BCUT2D eigenvalue weighted by Gasteiger charge is 2.18. The summed E-state index contributed by atoms with van der Waals surface area (Å²) in [4.78, 5) is 21.7. The Morgan fingerprint density at radius 1 is 1.46 bits per heavy atom. The average molecular weight is 188 g/mol. The van der Waals surface area contributed by atoms with Crippen molar-refractivity contribution in [3.8, 4) is 0 Å². The number of nitrogens with zero attached hydrogens (tertiary/aromatic N) is 1. The lowest BCUT2D eigenvalue weighted by atomic mass is 10.0. The van der Waals surface area contributed by atoms with E-state index in [4.69, 9.17) is 5.11 Å². The van der Waals surface area contributed by atoms with E-state index in [0.29, 0.717) is 6.42 Å². The van der Waals surface area contributed by atoms with Crippen molar-refractivity contribution in [2.45, 2.75) is 19.8 Å². The molecule has 0 aliphatic heterocycles. The monoisotopic (exact) mass is 188 g/mol. The fourth-order valence-corrected chi connectivity index (χ4v) is 0.925. The van der Waals surface area contributed by atoms with Crippen LogP contribution < -0.4 is 5.43 Å². The van der Waals surface area contributed by atoms with Crippen molar-refractivity contribution >= 4 is 11.9 Å². The van der Waals surface area contributed by atoms with Crippen LogP contribution in [0.25, 0.3) is 0 Å². The number of rotatable bonds is 5. The second kappa shape index (κ2) is 5.53. The van der Waals surface area contributed by atoms with Gasteiger partial charge in [0.1, 0.15) is 0 Å². The molecule has 0 aromatic heterocycles. The van der Waals surface area contributed by atoms with Gasteiger partial charge in [0, 0.05) is 20.5 Å². The van der Waals surface area contributed by atoms with E-state index < -0.39 is 11.9 Å². The summed E-state index contributed by atoms with van der Waals surface area (Å²) in [6.07, 6.45) is 0.500. The summed E-state index contributed by atoms with van der Waals surface area (Å²) in [6.45, 7) is 1.75. The number of hydrogen-bond donors (Lipinski definition) is 2. The van der Waals surface area contributed by atoms with Crippen LogP contribution in [0.3, 0.4) is 0 Å². The lowest BCUT2D eigenvalue weighted by molar-refractivity contribution is -0.144. The summed E-state index contributed by atoms with van der Waals surface area (Å²) >= 11 is 0. The number of carboxylic acids is 1. The standard InChI is InChI=1S/C8H16N2O3/c1-4-6(8(12)13)5-7(11)9-10(2)3/h6H,4-5H2,1-3H3,(H,9,11)(H,12,13). The van der Waals surface area contributed by atoms with Crippen LogP contribution in [0.4, 0.5) is 0 Å². The number of hydrazine groups is 1. The van der Waals surface area contributed by atoms with Gasteiger partial charge in [-0.2, -0.15) is 0 Å². The molecule has 0 saturated heterocycles. The van der Waals surface area contributed by atoms with Gasteiger partial charge in [-0.15, -0.1) is 0 Å². The Hall–Kier alpha value is -1.10. The number of nitrogens with one attached hydrogen (secondary N) is 1. The fraction of sp³-hybridized carbons (Fsp3) is 0.750. The van der Waals surface area contributed by atoms with Gasteiger partial charge in [-0.25, -0.2) is 5.01 Å². The van der Waals surface area contributed by atoms with Gasteiger partial charge in [0.2, 0.25) is 5.91 Å². The minimum atomic E-state index is -0.920. The molecule has 0 aliphatic rings. The summed E-state index contributed by atoms with van der Waals surface area (Å²) < 4.78 is 0. The van der Waals surface area contributed by atoms with E-state index in [9.17, 15) is 9.59 Å². The molecule has 1 atom stereocenters. The molecule has 0 radical (unpaired) electrons. The molecule has 0 aromatic carbocycles. The smallest absolute Gasteiger partial charge is 0.307 e. The Kier molecular flexibility index (Phi) is 5.06. The number of hydrogen-bond acceptors (Lipinski definition) is 3. The van der Waals surface area contributed by atoms with Gasteiger partial charge in [0.15, 0.2) is 0 Å². The molecule has 76 valence electrons. The lowest BCUT2D eigenvalue weighted by Gasteiger charge is -2.14. The molecule has 0 rings (SSSR count). The van der Waals surface area contributed by atoms with Crippen molar-refractivity contribution < 1.29 is 14.7 Å². The maximum Gasteiger partial charge on any atom is 0.307 e. The van der Waals surface area contributed by atoms with Gasteiger partial charge >= 0.3 is 5.97 Å². The number of amides is 1. The molecule has 0 spiro atoms. The molecule has 1 amide bonds. The van der Waals surface area contributed by atoms with E-state index in [0.717, 1.165) is 0 Å². The molecule has 5 nitrogen and oxygen atoms in total. The van der Waals surface area contributed by atoms with E-state index in [-0.39, 0.29) is 12.3 Å². The molecule has 5 heteroatoms. The molecular formula is C8H16N2O3. The zero-order chi connectivity index (χ0) is 10.4. The van der Waals surface area contributed by atoms with Crippen LogP contribution in [0.15, 0.2) is 0 Å². The first-order valence-corrected chi connectivity index (χ1v) is 4.17. The van der Waals surface area contributed by atoms with Crippen molar-refractivity contribution in [1.82, 2.24) is 10.4 Å². The van der Waals surface area contributed by atoms with Crippen LogP contribution in [0.5, 0.6) is 0 Å². The van der Waals surface area contributed by atoms with Crippen LogP contribution in [0.1, 0.15) is 19.8 Å². The third-order valence-corrected chi connectivity index (χ3v) is 1.62. The molecule has 2 N–H and O–H groups in total. The zero-order valence-electron chi connectivity index (χ0n) is 8.20. The van der Waals surface area contributed by atoms with Gasteiger partial charge in [-0.05, 0) is 6.42 Å². The molecule has 1 unspecified atom stereocenters. The first kappa shape index (κ1) is 11.9. The Labute approximate surface area is 77.7 Å². The largest absolute Gasteiger partial charge is 0.481 e. The highest BCUT2D eigenvalue weighted by molar-refractivity contribution is 5.81. The predicted molar refractivity (Wildman–Crippen MR) is 47.9 cm³/mol. The normalized spacial score (nSPS) is 12.6. The van der Waals surface area contributed by atoms with Crippen LogP contribution in [0.2, 0.25) is 0 Å². The number of carbonyl (C=O) groups excluding carboxylic acids is 1. The van der Waals surface area contributed by atoms with Crippen molar-refractivity contribution in [3.63, 3.8) is 0 Å². The van der Waals surface area contributed by atoms with E-state index in [1.54, 1.807) is 21.0 Å². The molecule has 0 heterocycles. The first-order chi connectivity index (χ1) is 5.97. The van der Waals surface area contributed by atoms with Gasteiger partial charge in [-0.3, -0.25) is 15.0 Å². The maximum absolute atomic E-state index is 11.1. The maximum atomic E-state index is 11.1. The molecule has 0 saturated carbocycles. The van der Waals surface area contributed by atoms with Gasteiger partial charge in [-0.1, -0.05) is 6.92 Å². The van der Waals surface area contributed by atoms with Crippen LogP contribution in [-0.4, -0.2) is 36.1 Å². The third kappa shape index (κ3) is 5.19. The van der Waals surface area contributed by atoms with Crippen molar-refractivity contribution in [1.29, 1.82) is 0 Å². The minimum Gasteiger partial charge on any atom is -0.481 e. The quantitative estimate of drug-likeness (QED) is 0.599. The van der Waals surface area contributed by atoms with E-state index in [1.165, 1.54) is 5.01 Å². The fourth-order valence-electron chi connectivity index (χ4n) is 0.925. The number of carboxylic acid groups (broad SMARTS) is 1. The van der Waals surface area contributed by atoms with E-state index in [1.807, 2.05) is 0 Å². The van der Waals surface area contributed by atoms with Crippen LogP contribution in [0, 0.1) is 5.92 Å². The van der Waals surface area contributed by atoms with E-state index in [2.05, 4.69) is 5.43 Å². The molecular weight excluding hydrogens is 172 g/mol. The summed E-state index contributed by atoms with van der Waals surface area (Å²) in [6, 6.07) is 0. The van der Waals surface area contributed by atoms with E-state index >= 15 is 0 Å². The highest BCUT2D eigenvalue weighted by atomic mass is 16.4.